The van der Waals surface area contributed by atoms with Gasteiger partial charge in [-0.05, 0) is 12.1 Å². The molecule has 0 unspecified atom stereocenters. The van der Waals surface area contributed by atoms with Crippen molar-refractivity contribution in [1.82, 2.24) is 29.8 Å². The number of rotatable bonds is 2. The molecule has 0 radical (unpaired) electrons. The van der Waals surface area contributed by atoms with Gasteiger partial charge in [0.05, 0.1) is 0 Å². The van der Waals surface area contributed by atoms with Crippen LogP contribution >= 0.6 is 0 Å². The van der Waals surface area contributed by atoms with Gasteiger partial charge < -0.3 is 0 Å². The topological polar surface area (TPSA) is 106 Å². The van der Waals surface area contributed by atoms with E-state index in [-0.39, 0.29) is 22.2 Å². The second-order valence-electron chi connectivity index (χ2n) is 4.40. The van der Waals surface area contributed by atoms with Crippen LogP contribution in [0.15, 0.2) is 23.5 Å². The normalized spacial score (nSPS) is 12.9. The highest BCUT2D eigenvalue weighted by Crippen LogP contribution is 2.28. The molecule has 116 valence electrons. The summed E-state index contributed by atoms with van der Waals surface area (Å²) in [6.45, 7) is 0. The van der Waals surface area contributed by atoms with E-state index in [2.05, 4.69) is 25.4 Å². The molecule has 0 aliphatic heterocycles. The lowest BCUT2D eigenvalue weighted by Crippen LogP contribution is -2.10. The van der Waals surface area contributed by atoms with Gasteiger partial charge in [0, 0.05) is 18.0 Å². The summed E-state index contributed by atoms with van der Waals surface area (Å²) in [4.78, 5) is 3.74. The molecule has 12 heteroatoms. The first-order valence-corrected chi connectivity index (χ1v) is 7.60. The first-order chi connectivity index (χ1) is 10.2. The minimum absolute atomic E-state index is 0.00468. The van der Waals surface area contributed by atoms with Gasteiger partial charge in [0.1, 0.15) is 0 Å². The van der Waals surface area contributed by atoms with Crippen LogP contribution in [0.25, 0.3) is 17.0 Å². The molecule has 0 saturated heterocycles. The Morgan fingerprint density at radius 2 is 1.95 bits per heavy atom. The molecular weight excluding hydrogens is 325 g/mol. The van der Waals surface area contributed by atoms with Gasteiger partial charge >= 0.3 is 6.18 Å². The smallest absolute Gasteiger partial charge is 0.278 e. The van der Waals surface area contributed by atoms with Crippen molar-refractivity contribution in [1.29, 1.82) is 0 Å². The van der Waals surface area contributed by atoms with E-state index >= 15 is 0 Å². The summed E-state index contributed by atoms with van der Waals surface area (Å²) in [7, 11) is -3.59. The molecule has 0 fully saturated rings. The molecule has 1 N–H and O–H groups in total. The second-order valence-corrected chi connectivity index (χ2v) is 6.33. The van der Waals surface area contributed by atoms with Crippen molar-refractivity contribution >= 4 is 15.5 Å². The number of hydrogen-bond donors (Lipinski definition) is 1. The monoisotopic (exact) mass is 332 g/mol. The third-order valence-electron chi connectivity index (χ3n) is 2.73. The number of aromatic nitrogens is 6. The molecule has 3 aromatic heterocycles. The summed E-state index contributed by atoms with van der Waals surface area (Å²) in [6.07, 6.45) is -2.65. The number of pyridine rings is 1. The fraction of sp³-hybridized carbons (Fsp3) is 0.200. The number of sulfone groups is 1. The summed E-state index contributed by atoms with van der Waals surface area (Å²) in [6, 6.07) is 2.72. The number of H-pyrrole nitrogens is 1. The molecule has 0 bridgehead atoms. The van der Waals surface area contributed by atoms with Crippen LogP contribution in [0.3, 0.4) is 0 Å². The molecule has 3 heterocycles. The molecule has 3 rings (SSSR count). The van der Waals surface area contributed by atoms with Gasteiger partial charge in [0.2, 0.25) is 20.8 Å². The summed E-state index contributed by atoms with van der Waals surface area (Å²) in [5.41, 5.74) is 0.180. The zero-order valence-corrected chi connectivity index (χ0v) is 11.6. The molecule has 8 nitrogen and oxygen atoms in total. The molecule has 0 amide bonds. The Labute approximate surface area is 120 Å². The Hall–Kier alpha value is -2.50. The van der Waals surface area contributed by atoms with Crippen molar-refractivity contribution in [3.63, 3.8) is 0 Å². The number of nitrogens with zero attached hydrogens (tertiary/aromatic N) is 5. The Balaban J connectivity index is 2.14. The average molecular weight is 332 g/mol. The van der Waals surface area contributed by atoms with Gasteiger partial charge in [-0.3, -0.25) is 4.40 Å². The number of halogens is 3. The van der Waals surface area contributed by atoms with E-state index in [1.54, 1.807) is 0 Å². The maximum Gasteiger partial charge on any atom is 0.452 e. The lowest BCUT2D eigenvalue weighted by atomic mass is 10.2. The number of hydrogen-bond acceptors (Lipinski definition) is 6. The minimum Gasteiger partial charge on any atom is -0.278 e. The largest absolute Gasteiger partial charge is 0.452 e. The van der Waals surface area contributed by atoms with Crippen molar-refractivity contribution in [2.24, 2.45) is 0 Å². The maximum atomic E-state index is 12.8. The maximum absolute atomic E-state index is 12.8. The Kier molecular flexibility index (Phi) is 2.95. The van der Waals surface area contributed by atoms with Crippen LogP contribution in [-0.4, -0.2) is 44.5 Å². The first-order valence-electron chi connectivity index (χ1n) is 5.71. The fourth-order valence-corrected chi connectivity index (χ4v) is 2.22. The van der Waals surface area contributed by atoms with Crippen LogP contribution in [0, 0.1) is 0 Å². The minimum atomic E-state index is -4.67. The highest BCUT2D eigenvalue weighted by molar-refractivity contribution is 7.90. The number of nitrogens with one attached hydrogen (secondary N) is 1. The van der Waals surface area contributed by atoms with Gasteiger partial charge in [0.25, 0.3) is 0 Å². The zero-order valence-electron chi connectivity index (χ0n) is 10.8. The predicted octanol–water partition coefficient (Wildman–Crippen LogP) is 0.937. The Morgan fingerprint density at radius 1 is 1.23 bits per heavy atom. The predicted molar refractivity (Wildman–Crippen MR) is 66.5 cm³/mol. The van der Waals surface area contributed by atoms with Gasteiger partial charge in [0.15, 0.2) is 11.5 Å². The zero-order chi connectivity index (χ0) is 16.1. The van der Waals surface area contributed by atoms with Gasteiger partial charge in [-0.15, -0.1) is 10.2 Å². The quantitative estimate of drug-likeness (QED) is 0.748. The van der Waals surface area contributed by atoms with Gasteiger partial charge in [-0.2, -0.15) is 23.3 Å². The second kappa shape index (κ2) is 4.50. The van der Waals surface area contributed by atoms with E-state index in [0.717, 1.165) is 16.9 Å². The Morgan fingerprint density at radius 3 is 2.55 bits per heavy atom. The van der Waals surface area contributed by atoms with E-state index in [1.807, 2.05) is 0 Å². The van der Waals surface area contributed by atoms with Crippen molar-refractivity contribution < 1.29 is 21.6 Å². The molecular formula is C10H7F3N6O2S. The standard InChI is InChI=1S/C10H7F3N6O2S/c1-22(20,21)9-14-7(16-18-9)5-2-3-6-15-17-8(10(11,12)13)19(6)4-5/h2-4H,1H3,(H,14,16,18). The van der Waals surface area contributed by atoms with Crippen LogP contribution in [0.5, 0.6) is 0 Å². The molecule has 0 spiro atoms. The van der Waals surface area contributed by atoms with Crippen molar-refractivity contribution in [2.45, 2.75) is 11.3 Å². The lowest BCUT2D eigenvalue weighted by molar-refractivity contribution is -0.145. The van der Waals surface area contributed by atoms with Gasteiger partial charge in [-0.25, -0.2) is 13.5 Å². The molecule has 0 aliphatic carbocycles. The molecule has 22 heavy (non-hydrogen) atoms. The van der Waals surface area contributed by atoms with E-state index in [0.29, 0.717) is 0 Å². The summed E-state index contributed by atoms with van der Waals surface area (Å²) in [5.74, 6) is -1.24. The van der Waals surface area contributed by atoms with E-state index in [9.17, 15) is 21.6 Å². The molecule has 0 aromatic carbocycles. The van der Waals surface area contributed by atoms with E-state index in [1.165, 1.54) is 12.1 Å². The third-order valence-corrected chi connectivity index (χ3v) is 3.62. The molecule has 0 aliphatic rings. The van der Waals surface area contributed by atoms with Crippen molar-refractivity contribution in [3.05, 3.63) is 24.2 Å². The van der Waals surface area contributed by atoms with Crippen LogP contribution in [0.4, 0.5) is 13.2 Å². The average Bonchev–Trinajstić information content (AvgIpc) is 3.03. The molecule has 0 atom stereocenters. The molecule has 0 saturated carbocycles. The van der Waals surface area contributed by atoms with Crippen LogP contribution < -0.4 is 0 Å². The van der Waals surface area contributed by atoms with Crippen LogP contribution in [0.2, 0.25) is 0 Å². The van der Waals surface area contributed by atoms with Crippen LogP contribution in [0.1, 0.15) is 5.82 Å². The third kappa shape index (κ3) is 2.41. The number of aromatic amines is 1. The number of alkyl halides is 3. The lowest BCUT2D eigenvalue weighted by Gasteiger charge is -2.04. The highest BCUT2D eigenvalue weighted by Gasteiger charge is 2.37. The summed E-state index contributed by atoms with van der Waals surface area (Å²) in [5, 5.41) is 12.0. The van der Waals surface area contributed by atoms with Crippen molar-refractivity contribution in [2.75, 3.05) is 6.26 Å². The summed E-state index contributed by atoms with van der Waals surface area (Å²) >= 11 is 0. The Bertz CT molecular complexity index is 959. The van der Waals surface area contributed by atoms with Crippen molar-refractivity contribution in [3.8, 4) is 11.4 Å². The fourth-order valence-electron chi connectivity index (χ4n) is 1.76. The molecule has 3 aromatic rings. The van der Waals surface area contributed by atoms with Crippen LogP contribution in [-0.2, 0) is 16.0 Å². The first kappa shape index (κ1) is 14.4. The van der Waals surface area contributed by atoms with E-state index in [4.69, 9.17) is 0 Å². The van der Waals surface area contributed by atoms with Gasteiger partial charge in [-0.1, -0.05) is 0 Å². The SMILES string of the molecule is CS(=O)(=O)c1nc(-c2ccc3nnc(C(F)(F)F)n3c2)n[nH]1. The highest BCUT2D eigenvalue weighted by atomic mass is 32.2. The van der Waals surface area contributed by atoms with E-state index < -0.39 is 21.8 Å². The summed E-state index contributed by atoms with van der Waals surface area (Å²) < 4.78 is 61.8. The number of fused-ring (bicyclic) bond motifs is 1.